The average Bonchev–Trinajstić information content (AvgIpc) is 3.33. The maximum absolute atomic E-state index is 13.6. The number of nitrogens with one attached hydrogen (secondary N) is 1. The lowest BCUT2D eigenvalue weighted by Gasteiger charge is -2.28. The molecule has 142 valence electrons. The Labute approximate surface area is 158 Å². The highest BCUT2D eigenvalue weighted by atomic mass is 35.5. The van der Waals surface area contributed by atoms with Crippen LogP contribution in [0.5, 0.6) is 0 Å². The van der Waals surface area contributed by atoms with Crippen molar-refractivity contribution in [1.82, 2.24) is 20.1 Å². The molecular weight excluding hydrogens is 357 g/mol. The smallest absolute Gasteiger partial charge is 0.291 e. The first-order valence-corrected chi connectivity index (χ1v) is 8.59. The average molecular weight is 382 g/mol. The zero-order valence-electron chi connectivity index (χ0n) is 15.2. The summed E-state index contributed by atoms with van der Waals surface area (Å²) in [5, 5.41) is 7.31. The van der Waals surface area contributed by atoms with Gasteiger partial charge in [-0.1, -0.05) is 19.9 Å². The fraction of sp³-hybridized carbons (Fsp3) is 0.500. The topological polar surface area (TPSA) is 85.8 Å². The van der Waals surface area contributed by atoms with Crippen LogP contribution in [0.1, 0.15) is 56.0 Å². The number of nitrogens with zero attached hydrogens (tertiary/aromatic N) is 3. The normalized spacial score (nSPS) is 16.1. The molecule has 1 aromatic heterocycles. The van der Waals surface area contributed by atoms with E-state index in [1.54, 1.807) is 12.1 Å². The summed E-state index contributed by atoms with van der Waals surface area (Å²) in [5.74, 6) is 0.401. The maximum Gasteiger partial charge on any atom is 0.291 e. The molecule has 1 aliphatic rings. The number of nitrogens with two attached hydrogens (primary N) is 1. The molecule has 1 fully saturated rings. The van der Waals surface area contributed by atoms with Gasteiger partial charge in [-0.2, -0.15) is 0 Å². The molecule has 1 atom stereocenters. The van der Waals surface area contributed by atoms with Gasteiger partial charge in [0.1, 0.15) is 11.6 Å². The van der Waals surface area contributed by atoms with E-state index in [4.69, 9.17) is 5.73 Å². The molecule has 0 aliphatic heterocycles. The molecule has 2 aromatic rings. The summed E-state index contributed by atoms with van der Waals surface area (Å²) in [5.41, 5.74) is 5.96. The Morgan fingerprint density at radius 1 is 1.46 bits per heavy atom. The number of aromatic nitrogens is 3. The van der Waals surface area contributed by atoms with Gasteiger partial charge in [0, 0.05) is 12.5 Å². The number of carbonyl (C=O) groups excluding carboxylic acids is 1. The van der Waals surface area contributed by atoms with Gasteiger partial charge in [-0.3, -0.25) is 4.79 Å². The number of hydrogen-bond donors (Lipinski definition) is 2. The SMILES string of the molecule is CC(C)c1nc(C(=O)NC(C)(CN)C2CC2)nn1-c1cccc(F)c1.Cl. The van der Waals surface area contributed by atoms with Gasteiger partial charge >= 0.3 is 0 Å². The Bertz CT molecular complexity index is 790. The van der Waals surface area contributed by atoms with Gasteiger partial charge in [0.25, 0.3) is 5.91 Å². The summed E-state index contributed by atoms with van der Waals surface area (Å²) in [6, 6.07) is 6.08. The van der Waals surface area contributed by atoms with Crippen molar-refractivity contribution in [3.63, 3.8) is 0 Å². The standard InChI is InChI=1S/C18H24FN5O.ClH/c1-11(2)16-21-15(17(25)22-18(3,10-20)12-7-8-12)23-24(16)14-6-4-5-13(19)9-14;/h4-6,9,11-12H,7-8,10,20H2,1-3H3,(H,22,25);1H. The largest absolute Gasteiger partial charge is 0.343 e. The third-order valence-electron chi connectivity index (χ3n) is 4.71. The van der Waals surface area contributed by atoms with E-state index in [1.165, 1.54) is 16.8 Å². The van der Waals surface area contributed by atoms with Crippen molar-refractivity contribution in [3.05, 3.63) is 41.7 Å². The van der Waals surface area contributed by atoms with Crippen molar-refractivity contribution < 1.29 is 9.18 Å². The molecule has 1 heterocycles. The summed E-state index contributed by atoms with van der Waals surface area (Å²) >= 11 is 0. The molecule has 3 N–H and O–H groups in total. The van der Waals surface area contributed by atoms with Crippen molar-refractivity contribution in [2.45, 2.75) is 45.1 Å². The predicted molar refractivity (Wildman–Crippen MR) is 100 cm³/mol. The van der Waals surface area contributed by atoms with E-state index in [-0.39, 0.29) is 35.9 Å². The maximum atomic E-state index is 13.6. The highest BCUT2D eigenvalue weighted by molar-refractivity contribution is 5.91. The molecule has 6 nitrogen and oxygen atoms in total. The lowest BCUT2D eigenvalue weighted by Crippen LogP contribution is -2.53. The first kappa shape index (κ1) is 20.3. The van der Waals surface area contributed by atoms with Gasteiger partial charge in [-0.25, -0.2) is 14.1 Å². The summed E-state index contributed by atoms with van der Waals surface area (Å²) < 4.78 is 15.1. The van der Waals surface area contributed by atoms with E-state index in [9.17, 15) is 9.18 Å². The summed E-state index contributed by atoms with van der Waals surface area (Å²) in [7, 11) is 0. The first-order chi connectivity index (χ1) is 11.8. The minimum Gasteiger partial charge on any atom is -0.343 e. The number of rotatable bonds is 6. The summed E-state index contributed by atoms with van der Waals surface area (Å²) in [6.45, 7) is 6.23. The van der Waals surface area contributed by atoms with Crippen LogP contribution in [0.3, 0.4) is 0 Å². The molecular formula is C18H25ClFN5O. The molecule has 1 aliphatic carbocycles. The number of amides is 1. The first-order valence-electron chi connectivity index (χ1n) is 8.59. The van der Waals surface area contributed by atoms with Crippen LogP contribution in [0.15, 0.2) is 24.3 Å². The molecule has 0 bridgehead atoms. The molecule has 1 amide bonds. The highest BCUT2D eigenvalue weighted by Gasteiger charge is 2.42. The molecule has 0 saturated heterocycles. The summed E-state index contributed by atoms with van der Waals surface area (Å²) in [4.78, 5) is 17.0. The number of halogens is 2. The van der Waals surface area contributed by atoms with Crippen LogP contribution in [0.2, 0.25) is 0 Å². The van der Waals surface area contributed by atoms with Gasteiger partial charge in [0.2, 0.25) is 5.82 Å². The quantitative estimate of drug-likeness (QED) is 0.805. The number of carbonyl (C=O) groups is 1. The molecule has 26 heavy (non-hydrogen) atoms. The Hall–Kier alpha value is -1.99. The predicted octanol–water partition coefficient (Wildman–Crippen LogP) is 2.81. The molecule has 3 rings (SSSR count). The zero-order chi connectivity index (χ0) is 18.2. The third kappa shape index (κ3) is 4.04. The van der Waals surface area contributed by atoms with Crippen molar-refractivity contribution in [2.24, 2.45) is 11.7 Å². The monoisotopic (exact) mass is 381 g/mol. The Balaban J connectivity index is 0.00000243. The van der Waals surface area contributed by atoms with E-state index in [1.807, 2.05) is 20.8 Å². The third-order valence-corrected chi connectivity index (χ3v) is 4.71. The Kier molecular flexibility index (Phi) is 6.03. The van der Waals surface area contributed by atoms with Crippen molar-refractivity contribution in [1.29, 1.82) is 0 Å². The van der Waals surface area contributed by atoms with Crippen molar-refractivity contribution in [3.8, 4) is 5.69 Å². The summed E-state index contributed by atoms with van der Waals surface area (Å²) in [6.07, 6.45) is 2.13. The number of benzene rings is 1. The second-order valence-electron chi connectivity index (χ2n) is 7.19. The minimum absolute atomic E-state index is 0. The fourth-order valence-corrected chi connectivity index (χ4v) is 2.95. The van der Waals surface area contributed by atoms with E-state index < -0.39 is 5.54 Å². The molecule has 1 unspecified atom stereocenters. The van der Waals surface area contributed by atoms with E-state index in [0.29, 0.717) is 24.0 Å². The Morgan fingerprint density at radius 2 is 2.15 bits per heavy atom. The lowest BCUT2D eigenvalue weighted by atomic mass is 9.96. The fourth-order valence-electron chi connectivity index (χ4n) is 2.95. The van der Waals surface area contributed by atoms with E-state index in [0.717, 1.165) is 12.8 Å². The minimum atomic E-state index is -0.445. The van der Waals surface area contributed by atoms with E-state index in [2.05, 4.69) is 15.4 Å². The van der Waals surface area contributed by atoms with E-state index >= 15 is 0 Å². The second-order valence-corrected chi connectivity index (χ2v) is 7.19. The van der Waals surface area contributed by atoms with Crippen LogP contribution in [0, 0.1) is 11.7 Å². The van der Waals surface area contributed by atoms with Gasteiger partial charge in [-0.05, 0) is 43.9 Å². The van der Waals surface area contributed by atoms with Crippen LogP contribution >= 0.6 is 12.4 Å². The van der Waals surface area contributed by atoms with Crippen LogP contribution in [0.25, 0.3) is 5.69 Å². The van der Waals surface area contributed by atoms with Crippen LogP contribution < -0.4 is 11.1 Å². The van der Waals surface area contributed by atoms with Crippen molar-refractivity contribution in [2.75, 3.05) is 6.54 Å². The van der Waals surface area contributed by atoms with Crippen LogP contribution in [0.4, 0.5) is 4.39 Å². The van der Waals surface area contributed by atoms with Gasteiger partial charge in [0.05, 0.1) is 11.2 Å². The molecule has 1 saturated carbocycles. The molecule has 0 radical (unpaired) electrons. The van der Waals surface area contributed by atoms with Gasteiger partial charge in [-0.15, -0.1) is 17.5 Å². The molecule has 1 aromatic carbocycles. The number of hydrogen-bond acceptors (Lipinski definition) is 4. The van der Waals surface area contributed by atoms with Crippen LogP contribution in [-0.4, -0.2) is 32.8 Å². The highest BCUT2D eigenvalue weighted by Crippen LogP contribution is 2.39. The molecule has 8 heteroatoms. The zero-order valence-corrected chi connectivity index (χ0v) is 16.0. The van der Waals surface area contributed by atoms with Gasteiger partial charge in [0.15, 0.2) is 0 Å². The van der Waals surface area contributed by atoms with Crippen molar-refractivity contribution >= 4 is 18.3 Å². The lowest BCUT2D eigenvalue weighted by molar-refractivity contribution is 0.0887. The molecule has 0 spiro atoms. The Morgan fingerprint density at radius 3 is 2.69 bits per heavy atom. The van der Waals surface area contributed by atoms with Crippen LogP contribution in [-0.2, 0) is 0 Å². The van der Waals surface area contributed by atoms with Gasteiger partial charge < -0.3 is 11.1 Å². The second kappa shape index (κ2) is 7.72.